The van der Waals surface area contributed by atoms with Crippen molar-refractivity contribution in [3.05, 3.63) is 53.0 Å². The van der Waals surface area contributed by atoms with Crippen LogP contribution < -0.4 is 10.2 Å². The quantitative estimate of drug-likeness (QED) is 0.383. The molecule has 2 heterocycles. The van der Waals surface area contributed by atoms with Crippen LogP contribution in [0.25, 0.3) is 0 Å². The first-order valence-corrected chi connectivity index (χ1v) is 14.7. The number of alkyl halides is 3. The smallest absolute Gasteiger partial charge is 0.376 e. The van der Waals surface area contributed by atoms with Gasteiger partial charge in [-0.1, -0.05) is 36.5 Å². The molecule has 0 aromatic heterocycles. The van der Waals surface area contributed by atoms with E-state index >= 15 is 0 Å². The largest absolute Gasteiger partial charge is 0.421 e. The van der Waals surface area contributed by atoms with Gasteiger partial charge in [0.1, 0.15) is 5.54 Å². The van der Waals surface area contributed by atoms with Crippen molar-refractivity contribution in [1.29, 1.82) is 0 Å². The van der Waals surface area contributed by atoms with Crippen LogP contribution >= 0.6 is 12.2 Å². The molecular weight excluding hydrogens is 569 g/mol. The van der Waals surface area contributed by atoms with Crippen LogP contribution in [0.15, 0.2) is 47.4 Å². The summed E-state index contributed by atoms with van der Waals surface area (Å²) in [6.07, 6.45) is 2.07. The third-order valence-corrected chi connectivity index (χ3v) is 10.8. The molecule has 0 radical (unpaired) electrons. The molecular formula is C26H29F3N4O5S2. The van der Waals surface area contributed by atoms with Gasteiger partial charge in [0.15, 0.2) is 5.60 Å². The van der Waals surface area contributed by atoms with Gasteiger partial charge in [-0.05, 0) is 50.0 Å². The van der Waals surface area contributed by atoms with Crippen molar-refractivity contribution >= 4 is 44.7 Å². The minimum atomic E-state index is -4.88. The maximum Gasteiger partial charge on any atom is 0.421 e. The fourth-order valence-electron chi connectivity index (χ4n) is 5.65. The number of thiocarbonyl (C=S) groups is 1. The van der Waals surface area contributed by atoms with Gasteiger partial charge in [-0.2, -0.15) is 17.5 Å². The second-order valence-corrected chi connectivity index (χ2v) is 13.1. The number of amides is 3. The van der Waals surface area contributed by atoms with E-state index in [4.69, 9.17) is 12.2 Å². The summed E-state index contributed by atoms with van der Waals surface area (Å²) in [4.78, 5) is 29.1. The minimum absolute atomic E-state index is 0.0228. The number of sulfonamides is 1. The van der Waals surface area contributed by atoms with E-state index in [0.29, 0.717) is 36.7 Å². The Morgan fingerprint density at radius 1 is 1.15 bits per heavy atom. The summed E-state index contributed by atoms with van der Waals surface area (Å²) >= 11 is 5.30. The summed E-state index contributed by atoms with van der Waals surface area (Å²) in [5.74, 6) is -0.376. The molecule has 1 aromatic carbocycles. The van der Waals surface area contributed by atoms with Gasteiger partial charge in [-0.25, -0.2) is 13.2 Å². The van der Waals surface area contributed by atoms with Crippen LogP contribution in [-0.2, 0) is 20.4 Å². The van der Waals surface area contributed by atoms with Crippen molar-refractivity contribution in [2.75, 3.05) is 31.1 Å². The maximum absolute atomic E-state index is 13.6. The summed E-state index contributed by atoms with van der Waals surface area (Å²) in [7, 11) is -3.96. The Kier molecular flexibility index (Phi) is 7.12. The number of rotatable bonds is 6. The lowest BCUT2D eigenvalue weighted by Crippen LogP contribution is -2.63. The number of imide groups is 1. The molecule has 14 heteroatoms. The van der Waals surface area contributed by atoms with Crippen LogP contribution in [0, 0.1) is 0 Å². The lowest BCUT2D eigenvalue weighted by atomic mass is 9.75. The molecule has 1 spiro atoms. The summed E-state index contributed by atoms with van der Waals surface area (Å²) in [6.45, 7) is 0.901. The summed E-state index contributed by atoms with van der Waals surface area (Å²) in [6, 6.07) is 4.05. The molecule has 5 rings (SSSR count). The molecule has 2 saturated heterocycles. The van der Waals surface area contributed by atoms with Gasteiger partial charge in [0.2, 0.25) is 10.0 Å². The highest BCUT2D eigenvalue weighted by atomic mass is 32.2. The Balaban J connectivity index is 1.47. The molecule has 4 aliphatic rings. The fraction of sp³-hybridized carbons (Fsp3) is 0.500. The zero-order valence-electron chi connectivity index (χ0n) is 21.6. The Labute approximate surface area is 235 Å². The van der Waals surface area contributed by atoms with Crippen LogP contribution in [0.2, 0.25) is 0 Å². The normalized spacial score (nSPS) is 25.1. The number of nitrogens with zero attached hydrogens (tertiary/aromatic N) is 3. The van der Waals surface area contributed by atoms with E-state index in [2.05, 4.69) is 5.32 Å². The Morgan fingerprint density at radius 2 is 1.82 bits per heavy atom. The number of piperazine rings is 1. The lowest BCUT2D eigenvalue weighted by molar-refractivity contribution is -0.258. The molecule has 2 aliphatic heterocycles. The van der Waals surface area contributed by atoms with Gasteiger partial charge < -0.3 is 14.9 Å². The van der Waals surface area contributed by atoms with Crippen LogP contribution in [-0.4, -0.2) is 83.5 Å². The number of hydrogen-bond acceptors (Lipinski definition) is 7. The molecule has 0 unspecified atom stereocenters. The van der Waals surface area contributed by atoms with Crippen molar-refractivity contribution in [1.82, 2.24) is 14.5 Å². The van der Waals surface area contributed by atoms with E-state index in [1.165, 1.54) is 39.5 Å². The molecule has 1 saturated carbocycles. The van der Waals surface area contributed by atoms with Crippen molar-refractivity contribution in [3.63, 3.8) is 0 Å². The number of nitrogens with one attached hydrogen (secondary N) is 1. The van der Waals surface area contributed by atoms with Gasteiger partial charge in [-0.3, -0.25) is 10.1 Å². The number of carbonyl (C=O) groups excluding carboxylic acids is 2. The number of halogens is 3. The predicted octanol–water partition coefficient (Wildman–Crippen LogP) is 2.97. The zero-order valence-corrected chi connectivity index (χ0v) is 23.3. The molecule has 9 nitrogen and oxygen atoms in total. The zero-order chi connectivity index (χ0) is 29.1. The SMILES string of the molecule is C[C@](O)(c1ccc(N2CCN(S(=O)(=O)C3=CC=CCC3=S)C[C@@H]2CN2C(=O)NC(=O)C23CCC3)cc1)C(F)(F)F. The average molecular weight is 599 g/mol. The average Bonchev–Trinajstić information content (AvgIpc) is 3.12. The number of urea groups is 1. The maximum atomic E-state index is 13.6. The predicted molar refractivity (Wildman–Crippen MR) is 145 cm³/mol. The Morgan fingerprint density at radius 3 is 2.40 bits per heavy atom. The Hall–Kier alpha value is -2.81. The summed E-state index contributed by atoms with van der Waals surface area (Å²) in [5.41, 5.74) is -3.88. The molecule has 40 heavy (non-hydrogen) atoms. The highest BCUT2D eigenvalue weighted by Gasteiger charge is 2.57. The molecule has 0 bridgehead atoms. The molecule has 2 atom stereocenters. The monoisotopic (exact) mass is 598 g/mol. The third-order valence-electron chi connectivity index (χ3n) is 8.32. The van der Waals surface area contributed by atoms with Gasteiger partial charge in [0, 0.05) is 43.2 Å². The van der Waals surface area contributed by atoms with Gasteiger partial charge in [0.25, 0.3) is 5.91 Å². The van der Waals surface area contributed by atoms with E-state index in [0.717, 1.165) is 6.42 Å². The molecule has 3 fully saturated rings. The molecule has 2 aliphatic carbocycles. The van der Waals surface area contributed by atoms with Crippen LogP contribution in [0.1, 0.15) is 38.2 Å². The van der Waals surface area contributed by atoms with Crippen LogP contribution in [0.4, 0.5) is 23.7 Å². The molecule has 2 N–H and O–H groups in total. The first-order valence-electron chi connectivity index (χ1n) is 12.9. The third kappa shape index (κ3) is 4.64. The molecule has 3 amide bonds. The fourth-order valence-corrected chi connectivity index (χ4v) is 7.72. The van der Waals surface area contributed by atoms with Gasteiger partial charge in [0.05, 0.1) is 10.9 Å². The number of hydrogen-bond donors (Lipinski definition) is 2. The topological polar surface area (TPSA) is 110 Å². The van der Waals surface area contributed by atoms with Crippen molar-refractivity contribution in [3.8, 4) is 0 Å². The lowest BCUT2D eigenvalue weighted by Gasteiger charge is -2.48. The number of benzene rings is 1. The number of aliphatic hydroxyl groups is 1. The van der Waals surface area contributed by atoms with Gasteiger partial charge in [-0.15, -0.1) is 0 Å². The second-order valence-electron chi connectivity index (χ2n) is 10.7. The van der Waals surface area contributed by atoms with Crippen molar-refractivity contribution in [2.45, 2.75) is 56.0 Å². The van der Waals surface area contributed by atoms with Crippen LogP contribution in [0.3, 0.4) is 0 Å². The molecule has 216 valence electrons. The van der Waals surface area contributed by atoms with E-state index in [9.17, 15) is 36.3 Å². The van der Waals surface area contributed by atoms with E-state index in [-0.39, 0.29) is 42.6 Å². The first-order chi connectivity index (χ1) is 18.7. The standard InChI is InChI=1S/C26H29F3N4O5S2/c1-24(36,26(27,28)29)17-7-9-18(10-8-17)32-14-13-31(40(37,38)21-6-3-2-5-20(21)39)15-19(32)16-33-23(35)30-22(34)25(33)11-4-12-25/h2-3,6-10,19,36H,4-5,11-16H2,1H3,(H,30,34,35)/t19-,24+/m1/s1. The number of anilines is 1. The van der Waals surface area contributed by atoms with E-state index in [1.807, 2.05) is 4.90 Å². The van der Waals surface area contributed by atoms with E-state index in [1.54, 1.807) is 12.2 Å². The second kappa shape index (κ2) is 9.93. The highest BCUT2D eigenvalue weighted by Crippen LogP contribution is 2.42. The number of allylic oxidation sites excluding steroid dienone is 4. The van der Waals surface area contributed by atoms with E-state index < -0.39 is 39.4 Å². The summed E-state index contributed by atoms with van der Waals surface area (Å²) in [5, 5.41) is 12.4. The molecule has 1 aromatic rings. The Bertz CT molecular complexity index is 1400. The van der Waals surface area contributed by atoms with Crippen LogP contribution in [0.5, 0.6) is 0 Å². The highest BCUT2D eigenvalue weighted by molar-refractivity contribution is 7.96. The number of carbonyl (C=O) groups is 2. The van der Waals surface area contributed by atoms with Gasteiger partial charge >= 0.3 is 12.2 Å². The van der Waals surface area contributed by atoms with Crippen molar-refractivity contribution in [2.24, 2.45) is 0 Å². The first kappa shape index (κ1) is 28.7. The minimum Gasteiger partial charge on any atom is -0.376 e. The van der Waals surface area contributed by atoms with Crippen molar-refractivity contribution < 1.29 is 36.3 Å². The summed E-state index contributed by atoms with van der Waals surface area (Å²) < 4.78 is 68.6.